The van der Waals surface area contributed by atoms with E-state index < -0.39 is 0 Å². The highest BCUT2D eigenvalue weighted by molar-refractivity contribution is 5.99. The molecule has 6 nitrogen and oxygen atoms in total. The monoisotopic (exact) mass is 422 g/mol. The molecule has 1 fully saturated rings. The number of aryl methyl sites for hydroxylation is 2. The summed E-state index contributed by atoms with van der Waals surface area (Å²) < 4.78 is 16.7. The van der Waals surface area contributed by atoms with Gasteiger partial charge in [0, 0.05) is 30.6 Å². The molecule has 0 aliphatic carbocycles. The smallest absolute Gasteiger partial charge is 0.287 e. The number of morpholine rings is 1. The number of furan rings is 1. The average Bonchev–Trinajstić information content (AvgIpc) is 3.16. The number of ether oxygens (including phenoxy) is 2. The lowest BCUT2D eigenvalue weighted by Crippen LogP contribution is -2.43. The normalized spacial score (nSPS) is 15.7. The third-order valence-electron chi connectivity index (χ3n) is 6.06. The molecule has 0 bridgehead atoms. The molecule has 1 amide bonds. The summed E-state index contributed by atoms with van der Waals surface area (Å²) in [4.78, 5) is 15.4. The summed E-state index contributed by atoms with van der Waals surface area (Å²) in [7, 11) is 1.66. The number of amides is 1. The van der Waals surface area contributed by atoms with Gasteiger partial charge in [0.15, 0.2) is 5.76 Å². The van der Waals surface area contributed by atoms with Crippen LogP contribution in [-0.4, -0.2) is 50.8 Å². The van der Waals surface area contributed by atoms with Crippen molar-refractivity contribution in [2.45, 2.75) is 26.3 Å². The van der Waals surface area contributed by atoms with Gasteiger partial charge in [0.1, 0.15) is 11.3 Å². The van der Waals surface area contributed by atoms with Crippen molar-refractivity contribution in [1.82, 2.24) is 10.2 Å². The molecule has 1 aromatic heterocycles. The van der Waals surface area contributed by atoms with E-state index in [2.05, 4.69) is 35.3 Å². The van der Waals surface area contributed by atoms with E-state index in [0.29, 0.717) is 25.5 Å². The summed E-state index contributed by atoms with van der Waals surface area (Å²) in [5.41, 5.74) is 4.00. The highest BCUT2D eigenvalue weighted by atomic mass is 16.5. The highest BCUT2D eigenvalue weighted by Crippen LogP contribution is 2.27. The molecule has 1 aliphatic heterocycles. The summed E-state index contributed by atoms with van der Waals surface area (Å²) in [6.45, 7) is 7.61. The Bertz CT molecular complexity index is 1040. The molecular weight excluding hydrogens is 392 g/mol. The largest absolute Gasteiger partial charge is 0.497 e. The quantitative estimate of drug-likeness (QED) is 0.621. The molecule has 3 aromatic rings. The molecule has 1 N–H and O–H groups in total. The number of nitrogens with zero attached hydrogens (tertiary/aromatic N) is 1. The lowest BCUT2D eigenvalue weighted by molar-refractivity contribution is 0.0161. The number of carbonyl (C=O) groups is 1. The van der Waals surface area contributed by atoms with E-state index in [1.54, 1.807) is 7.11 Å². The molecule has 164 valence electrons. The van der Waals surface area contributed by atoms with Crippen molar-refractivity contribution < 1.29 is 18.7 Å². The minimum absolute atomic E-state index is 0.0511. The second kappa shape index (κ2) is 9.54. The molecule has 1 aliphatic rings. The standard InChI is InChI=1S/C25H30N2O4/c1-4-18-5-10-23-21(15-18)17(2)24(31-23)25(28)26-16-22(27-11-13-30-14-12-27)19-6-8-20(29-3)9-7-19/h5-10,15,22H,4,11-14,16H2,1-3H3,(H,26,28). The predicted molar refractivity (Wildman–Crippen MR) is 121 cm³/mol. The van der Waals surface area contributed by atoms with Gasteiger partial charge in [0.25, 0.3) is 5.91 Å². The second-order valence-corrected chi connectivity index (χ2v) is 7.89. The summed E-state index contributed by atoms with van der Waals surface area (Å²) in [5, 5.41) is 4.11. The average molecular weight is 423 g/mol. The van der Waals surface area contributed by atoms with Crippen molar-refractivity contribution in [3.63, 3.8) is 0 Å². The van der Waals surface area contributed by atoms with Crippen molar-refractivity contribution in [3.05, 3.63) is 64.9 Å². The van der Waals surface area contributed by atoms with Crippen LogP contribution >= 0.6 is 0 Å². The topological polar surface area (TPSA) is 63.9 Å². The van der Waals surface area contributed by atoms with Crippen LogP contribution in [0.4, 0.5) is 0 Å². The molecule has 2 aromatic carbocycles. The summed E-state index contributed by atoms with van der Waals surface area (Å²) >= 11 is 0. The summed E-state index contributed by atoms with van der Waals surface area (Å²) in [6.07, 6.45) is 0.950. The molecule has 4 rings (SSSR count). The van der Waals surface area contributed by atoms with Crippen molar-refractivity contribution in [2.24, 2.45) is 0 Å². The van der Waals surface area contributed by atoms with Crippen LogP contribution in [0.15, 0.2) is 46.9 Å². The molecular formula is C25H30N2O4. The van der Waals surface area contributed by atoms with E-state index in [1.807, 2.05) is 31.2 Å². The van der Waals surface area contributed by atoms with E-state index in [4.69, 9.17) is 13.9 Å². The summed E-state index contributed by atoms with van der Waals surface area (Å²) in [5.74, 6) is 1.02. The van der Waals surface area contributed by atoms with Crippen molar-refractivity contribution >= 4 is 16.9 Å². The van der Waals surface area contributed by atoms with Gasteiger partial charge in [-0.05, 0) is 48.7 Å². The Labute approximate surface area is 183 Å². The molecule has 1 saturated heterocycles. The van der Waals surface area contributed by atoms with E-state index in [9.17, 15) is 4.79 Å². The third-order valence-corrected chi connectivity index (χ3v) is 6.06. The van der Waals surface area contributed by atoms with Crippen LogP contribution in [0.1, 0.15) is 40.2 Å². The summed E-state index contributed by atoms with van der Waals surface area (Å²) in [6, 6.07) is 14.2. The van der Waals surface area contributed by atoms with Gasteiger partial charge in [-0.1, -0.05) is 25.1 Å². The Hall–Kier alpha value is -2.83. The predicted octanol–water partition coefficient (Wildman–Crippen LogP) is 4.12. The number of nitrogens with one attached hydrogen (secondary N) is 1. The van der Waals surface area contributed by atoms with Gasteiger partial charge in [-0.25, -0.2) is 0 Å². The van der Waals surface area contributed by atoms with Gasteiger partial charge >= 0.3 is 0 Å². The molecule has 1 unspecified atom stereocenters. The van der Waals surface area contributed by atoms with Crippen LogP contribution in [0, 0.1) is 6.92 Å². The molecule has 2 heterocycles. The van der Waals surface area contributed by atoms with Crippen LogP contribution in [-0.2, 0) is 11.2 Å². The minimum Gasteiger partial charge on any atom is -0.497 e. The fraction of sp³-hybridized carbons (Fsp3) is 0.400. The first-order valence-corrected chi connectivity index (χ1v) is 10.9. The minimum atomic E-state index is -0.182. The van der Waals surface area contributed by atoms with Gasteiger partial charge in [0.05, 0.1) is 26.4 Å². The number of rotatable bonds is 7. The third kappa shape index (κ3) is 4.60. The van der Waals surface area contributed by atoms with Gasteiger partial charge in [-0.2, -0.15) is 0 Å². The number of carbonyl (C=O) groups excluding carboxylic acids is 1. The Balaban J connectivity index is 1.54. The fourth-order valence-corrected chi connectivity index (χ4v) is 4.15. The van der Waals surface area contributed by atoms with Crippen molar-refractivity contribution in [2.75, 3.05) is 40.0 Å². The first kappa shape index (κ1) is 21.4. The molecule has 1 atom stereocenters. The van der Waals surface area contributed by atoms with E-state index in [0.717, 1.165) is 47.4 Å². The van der Waals surface area contributed by atoms with E-state index in [1.165, 1.54) is 5.56 Å². The molecule has 0 radical (unpaired) electrons. The molecule has 6 heteroatoms. The van der Waals surface area contributed by atoms with Crippen LogP contribution in [0.25, 0.3) is 11.0 Å². The van der Waals surface area contributed by atoms with E-state index >= 15 is 0 Å². The van der Waals surface area contributed by atoms with Gasteiger partial charge in [-0.3, -0.25) is 9.69 Å². The van der Waals surface area contributed by atoms with Crippen LogP contribution in [0.2, 0.25) is 0 Å². The molecule has 0 saturated carbocycles. The second-order valence-electron chi connectivity index (χ2n) is 7.89. The zero-order chi connectivity index (χ0) is 21.8. The van der Waals surface area contributed by atoms with Crippen molar-refractivity contribution in [1.29, 1.82) is 0 Å². The maximum absolute atomic E-state index is 13.0. The fourth-order valence-electron chi connectivity index (χ4n) is 4.15. The van der Waals surface area contributed by atoms with Crippen LogP contribution in [0.5, 0.6) is 5.75 Å². The SMILES string of the molecule is CCc1ccc2oc(C(=O)NCC(c3ccc(OC)cc3)N3CCOCC3)c(C)c2c1. The number of methoxy groups -OCH3 is 1. The highest BCUT2D eigenvalue weighted by Gasteiger charge is 2.25. The lowest BCUT2D eigenvalue weighted by Gasteiger charge is -2.35. The number of benzene rings is 2. The van der Waals surface area contributed by atoms with Gasteiger partial charge in [0.2, 0.25) is 0 Å². The van der Waals surface area contributed by atoms with Crippen LogP contribution < -0.4 is 10.1 Å². The maximum atomic E-state index is 13.0. The van der Waals surface area contributed by atoms with E-state index in [-0.39, 0.29) is 11.9 Å². The zero-order valence-corrected chi connectivity index (χ0v) is 18.4. The molecule has 31 heavy (non-hydrogen) atoms. The Morgan fingerprint density at radius 3 is 2.58 bits per heavy atom. The Morgan fingerprint density at radius 2 is 1.90 bits per heavy atom. The maximum Gasteiger partial charge on any atom is 0.287 e. The Morgan fingerprint density at radius 1 is 1.16 bits per heavy atom. The number of hydrogen-bond acceptors (Lipinski definition) is 5. The van der Waals surface area contributed by atoms with Crippen molar-refractivity contribution in [3.8, 4) is 5.75 Å². The molecule has 0 spiro atoms. The van der Waals surface area contributed by atoms with Gasteiger partial charge in [-0.15, -0.1) is 0 Å². The first-order chi connectivity index (χ1) is 15.1. The van der Waals surface area contributed by atoms with Gasteiger partial charge < -0.3 is 19.2 Å². The van der Waals surface area contributed by atoms with Crippen LogP contribution in [0.3, 0.4) is 0 Å². The number of fused-ring (bicyclic) bond motifs is 1. The first-order valence-electron chi connectivity index (χ1n) is 10.9. The Kier molecular flexibility index (Phi) is 6.59. The number of hydrogen-bond donors (Lipinski definition) is 1. The zero-order valence-electron chi connectivity index (χ0n) is 18.4. The lowest BCUT2D eigenvalue weighted by atomic mass is 10.0.